The largest absolute Gasteiger partial charge is 0.389 e. The lowest BCUT2D eigenvalue weighted by atomic mass is 9.91. The summed E-state index contributed by atoms with van der Waals surface area (Å²) in [5, 5.41) is 14.0. The van der Waals surface area contributed by atoms with Crippen molar-refractivity contribution < 1.29 is 5.11 Å². The molecule has 2 aliphatic rings. The van der Waals surface area contributed by atoms with Crippen LogP contribution >= 0.6 is 0 Å². The van der Waals surface area contributed by atoms with Gasteiger partial charge in [0.25, 0.3) is 0 Å². The maximum atomic E-state index is 10.3. The van der Waals surface area contributed by atoms with Gasteiger partial charge in [-0.3, -0.25) is 0 Å². The van der Waals surface area contributed by atoms with E-state index in [0.29, 0.717) is 12.1 Å². The zero-order valence-electron chi connectivity index (χ0n) is 11.5. The summed E-state index contributed by atoms with van der Waals surface area (Å²) in [6.45, 7) is 4.32. The van der Waals surface area contributed by atoms with E-state index in [1.807, 2.05) is 6.92 Å². The van der Waals surface area contributed by atoms with Crippen molar-refractivity contribution in [3.05, 3.63) is 0 Å². The summed E-state index contributed by atoms with van der Waals surface area (Å²) in [6.07, 6.45) is 11.7. The molecule has 2 rings (SSSR count). The Labute approximate surface area is 106 Å². The molecule has 0 aromatic rings. The Bertz CT molecular complexity index is 231. The fraction of sp³-hybridized carbons (Fsp3) is 1.00. The molecule has 0 aliphatic heterocycles. The molecular formula is C15H29NO. The molecule has 0 saturated heterocycles. The molecular weight excluding hydrogens is 210 g/mol. The summed E-state index contributed by atoms with van der Waals surface area (Å²) < 4.78 is 0. The molecule has 2 fully saturated rings. The van der Waals surface area contributed by atoms with Crippen LogP contribution in [0.4, 0.5) is 0 Å². The van der Waals surface area contributed by atoms with E-state index in [9.17, 15) is 5.11 Å². The van der Waals surface area contributed by atoms with Gasteiger partial charge in [-0.2, -0.15) is 0 Å². The third-order valence-corrected chi connectivity index (χ3v) is 5.00. The second-order valence-corrected chi connectivity index (χ2v) is 6.51. The summed E-state index contributed by atoms with van der Waals surface area (Å²) in [7, 11) is 0. The molecule has 0 radical (unpaired) electrons. The van der Waals surface area contributed by atoms with E-state index in [-0.39, 0.29) is 0 Å². The lowest BCUT2D eigenvalue weighted by Crippen LogP contribution is -2.50. The Morgan fingerprint density at radius 3 is 2.24 bits per heavy atom. The quantitative estimate of drug-likeness (QED) is 0.741. The first-order valence-electron chi connectivity index (χ1n) is 7.58. The first kappa shape index (κ1) is 13.4. The average molecular weight is 239 g/mol. The van der Waals surface area contributed by atoms with E-state index in [4.69, 9.17) is 0 Å². The van der Waals surface area contributed by atoms with Crippen LogP contribution in [0.2, 0.25) is 0 Å². The zero-order valence-corrected chi connectivity index (χ0v) is 11.5. The van der Waals surface area contributed by atoms with Crippen LogP contribution in [-0.2, 0) is 0 Å². The summed E-state index contributed by atoms with van der Waals surface area (Å²) in [4.78, 5) is 0. The highest BCUT2D eigenvalue weighted by Crippen LogP contribution is 2.32. The molecule has 3 atom stereocenters. The van der Waals surface area contributed by atoms with Crippen molar-refractivity contribution in [2.75, 3.05) is 0 Å². The maximum Gasteiger partial charge on any atom is 0.0772 e. The second-order valence-electron chi connectivity index (χ2n) is 6.51. The van der Waals surface area contributed by atoms with E-state index in [2.05, 4.69) is 12.2 Å². The maximum absolute atomic E-state index is 10.3. The van der Waals surface area contributed by atoms with Crippen LogP contribution in [0.5, 0.6) is 0 Å². The Kier molecular flexibility index (Phi) is 4.48. The van der Waals surface area contributed by atoms with Crippen LogP contribution in [0.1, 0.15) is 71.6 Å². The van der Waals surface area contributed by atoms with Crippen molar-refractivity contribution in [1.29, 1.82) is 0 Å². The van der Waals surface area contributed by atoms with E-state index < -0.39 is 5.60 Å². The van der Waals surface area contributed by atoms with Gasteiger partial charge in [-0.15, -0.1) is 0 Å². The van der Waals surface area contributed by atoms with Gasteiger partial charge in [0.2, 0.25) is 0 Å². The van der Waals surface area contributed by atoms with Crippen LogP contribution < -0.4 is 5.32 Å². The molecule has 2 N–H and O–H groups in total. The van der Waals surface area contributed by atoms with Gasteiger partial charge in [-0.1, -0.05) is 25.7 Å². The van der Waals surface area contributed by atoms with Crippen molar-refractivity contribution in [2.24, 2.45) is 5.92 Å². The molecule has 100 valence electrons. The molecule has 0 aromatic heterocycles. The zero-order chi connectivity index (χ0) is 12.3. The predicted octanol–water partition coefficient (Wildman–Crippen LogP) is 3.24. The molecule has 2 unspecified atom stereocenters. The minimum atomic E-state index is -0.473. The summed E-state index contributed by atoms with van der Waals surface area (Å²) in [5.41, 5.74) is -0.473. The number of aliphatic hydroxyl groups is 1. The van der Waals surface area contributed by atoms with Crippen molar-refractivity contribution in [2.45, 2.75) is 89.3 Å². The first-order chi connectivity index (χ1) is 8.09. The second kappa shape index (κ2) is 5.71. The van der Waals surface area contributed by atoms with Crippen molar-refractivity contribution in [1.82, 2.24) is 5.32 Å². The number of rotatable bonds is 3. The Morgan fingerprint density at radius 2 is 1.71 bits per heavy atom. The molecule has 0 heterocycles. The van der Waals surface area contributed by atoms with E-state index in [0.717, 1.165) is 18.8 Å². The third kappa shape index (κ3) is 3.45. The Balaban J connectivity index is 1.85. The molecule has 2 aliphatic carbocycles. The van der Waals surface area contributed by atoms with Gasteiger partial charge in [-0.25, -0.2) is 0 Å². The summed E-state index contributed by atoms with van der Waals surface area (Å²) in [5.74, 6) is 0.828. The smallest absolute Gasteiger partial charge is 0.0772 e. The molecule has 2 nitrogen and oxygen atoms in total. The topological polar surface area (TPSA) is 32.3 Å². The molecule has 0 spiro atoms. The van der Waals surface area contributed by atoms with Crippen molar-refractivity contribution >= 4 is 0 Å². The van der Waals surface area contributed by atoms with Crippen LogP contribution in [0.15, 0.2) is 0 Å². The van der Waals surface area contributed by atoms with Gasteiger partial charge in [-0.05, 0) is 51.9 Å². The van der Waals surface area contributed by atoms with Crippen molar-refractivity contribution in [3.8, 4) is 0 Å². The highest BCUT2D eigenvalue weighted by Gasteiger charge is 2.37. The minimum absolute atomic E-state index is 0.320. The van der Waals surface area contributed by atoms with Gasteiger partial charge in [0.05, 0.1) is 5.60 Å². The standard InChI is InChI=1S/C15H29NO/c1-12(13-8-5-3-4-6-9-13)16-14-10-7-11-15(14,2)17/h12-14,16-17H,3-11H2,1-2H3/t12-,14?,15?/m0/s1. The molecule has 2 heteroatoms. The van der Waals surface area contributed by atoms with Crippen LogP contribution in [0, 0.1) is 5.92 Å². The van der Waals surface area contributed by atoms with Gasteiger partial charge >= 0.3 is 0 Å². The Hall–Kier alpha value is -0.0800. The molecule has 0 amide bonds. The third-order valence-electron chi connectivity index (χ3n) is 5.00. The highest BCUT2D eigenvalue weighted by molar-refractivity contribution is 4.95. The van der Waals surface area contributed by atoms with Crippen molar-refractivity contribution in [3.63, 3.8) is 0 Å². The van der Waals surface area contributed by atoms with Gasteiger partial charge in [0.15, 0.2) is 0 Å². The lowest BCUT2D eigenvalue weighted by Gasteiger charge is -2.33. The summed E-state index contributed by atoms with van der Waals surface area (Å²) >= 11 is 0. The minimum Gasteiger partial charge on any atom is -0.389 e. The van der Waals surface area contributed by atoms with Crippen LogP contribution in [-0.4, -0.2) is 22.8 Å². The molecule has 2 saturated carbocycles. The first-order valence-corrected chi connectivity index (χ1v) is 7.58. The highest BCUT2D eigenvalue weighted by atomic mass is 16.3. The van der Waals surface area contributed by atoms with Gasteiger partial charge in [0.1, 0.15) is 0 Å². The Morgan fingerprint density at radius 1 is 1.06 bits per heavy atom. The fourth-order valence-electron chi connectivity index (χ4n) is 3.68. The molecule has 0 aromatic carbocycles. The normalized spacial score (nSPS) is 37.9. The van der Waals surface area contributed by atoms with Crippen LogP contribution in [0.25, 0.3) is 0 Å². The molecule has 17 heavy (non-hydrogen) atoms. The van der Waals surface area contributed by atoms with Crippen LogP contribution in [0.3, 0.4) is 0 Å². The SMILES string of the molecule is C[C@H](NC1CCCC1(C)O)C1CCCCCC1. The predicted molar refractivity (Wildman–Crippen MR) is 72.1 cm³/mol. The fourth-order valence-corrected chi connectivity index (χ4v) is 3.68. The van der Waals surface area contributed by atoms with E-state index in [1.165, 1.54) is 44.9 Å². The lowest BCUT2D eigenvalue weighted by molar-refractivity contribution is 0.0326. The number of hydrogen-bond donors (Lipinski definition) is 2. The van der Waals surface area contributed by atoms with Gasteiger partial charge < -0.3 is 10.4 Å². The number of hydrogen-bond acceptors (Lipinski definition) is 2. The molecule has 0 bridgehead atoms. The summed E-state index contributed by atoms with van der Waals surface area (Å²) in [6, 6.07) is 0.892. The van der Waals surface area contributed by atoms with Gasteiger partial charge in [0, 0.05) is 12.1 Å². The number of nitrogens with one attached hydrogen (secondary N) is 1. The van der Waals surface area contributed by atoms with E-state index >= 15 is 0 Å². The average Bonchev–Trinajstić information content (AvgIpc) is 2.54. The monoisotopic (exact) mass is 239 g/mol. The van der Waals surface area contributed by atoms with E-state index in [1.54, 1.807) is 0 Å².